The minimum atomic E-state index is 0.171. The summed E-state index contributed by atoms with van der Waals surface area (Å²) in [6, 6.07) is 17.9. The summed E-state index contributed by atoms with van der Waals surface area (Å²) in [5.74, 6) is 0.993. The van der Waals surface area contributed by atoms with Gasteiger partial charge in [0.1, 0.15) is 5.75 Å². The molecular weight excluding hydrogens is 294 g/mol. The maximum Gasteiger partial charge on any atom is 0.115 e. The molecular formula is C22H27NO. The third kappa shape index (κ3) is 2.28. The van der Waals surface area contributed by atoms with Crippen molar-refractivity contribution in [3.63, 3.8) is 0 Å². The van der Waals surface area contributed by atoms with Crippen LogP contribution in [0, 0.1) is 5.92 Å². The SMILES string of the molecule is CC(c1ccccc1)N1CC[C@@]2(C)c3cc(O)ccc3C[C@H]1C2C. The van der Waals surface area contributed by atoms with E-state index in [0.29, 0.717) is 23.8 Å². The van der Waals surface area contributed by atoms with Crippen molar-refractivity contribution in [1.82, 2.24) is 4.90 Å². The maximum atomic E-state index is 9.96. The van der Waals surface area contributed by atoms with Crippen LogP contribution in [-0.2, 0) is 11.8 Å². The Hall–Kier alpha value is -1.80. The first-order chi connectivity index (χ1) is 11.5. The van der Waals surface area contributed by atoms with E-state index in [2.05, 4.69) is 62.1 Å². The molecule has 4 atom stereocenters. The number of phenolic OH excluding ortho intramolecular Hbond substituents is 1. The zero-order valence-corrected chi connectivity index (χ0v) is 14.9. The van der Waals surface area contributed by atoms with Gasteiger partial charge in [0, 0.05) is 12.1 Å². The molecule has 1 aliphatic carbocycles. The molecule has 0 saturated carbocycles. The number of piperidine rings is 1. The number of hydrogen-bond acceptors (Lipinski definition) is 2. The lowest BCUT2D eigenvalue weighted by molar-refractivity contribution is 0.00554. The van der Waals surface area contributed by atoms with Gasteiger partial charge in [-0.1, -0.05) is 50.2 Å². The highest BCUT2D eigenvalue weighted by atomic mass is 16.3. The molecule has 24 heavy (non-hydrogen) atoms. The average molecular weight is 321 g/mol. The Kier molecular flexibility index (Phi) is 3.69. The van der Waals surface area contributed by atoms with Crippen LogP contribution in [0.25, 0.3) is 0 Å². The van der Waals surface area contributed by atoms with Gasteiger partial charge < -0.3 is 5.11 Å². The normalized spacial score (nSPS) is 30.6. The summed E-state index contributed by atoms with van der Waals surface area (Å²) in [4.78, 5) is 2.71. The van der Waals surface area contributed by atoms with Crippen molar-refractivity contribution in [3.8, 4) is 5.75 Å². The van der Waals surface area contributed by atoms with E-state index in [4.69, 9.17) is 0 Å². The van der Waals surface area contributed by atoms with Crippen LogP contribution in [0.15, 0.2) is 48.5 Å². The number of phenols is 1. The van der Waals surface area contributed by atoms with Crippen molar-refractivity contribution in [2.75, 3.05) is 6.54 Å². The molecule has 2 unspecified atom stereocenters. The van der Waals surface area contributed by atoms with Crippen molar-refractivity contribution >= 4 is 0 Å². The predicted molar refractivity (Wildman–Crippen MR) is 98.3 cm³/mol. The lowest BCUT2D eigenvalue weighted by atomic mass is 9.58. The number of aromatic hydroxyl groups is 1. The van der Waals surface area contributed by atoms with E-state index in [9.17, 15) is 5.11 Å². The van der Waals surface area contributed by atoms with Gasteiger partial charge in [-0.25, -0.2) is 0 Å². The number of fused-ring (bicyclic) bond motifs is 4. The average Bonchev–Trinajstić information content (AvgIpc) is 2.59. The molecule has 2 aliphatic rings. The smallest absolute Gasteiger partial charge is 0.115 e. The molecule has 1 saturated heterocycles. The number of nitrogens with zero attached hydrogens (tertiary/aromatic N) is 1. The molecule has 2 bridgehead atoms. The van der Waals surface area contributed by atoms with Crippen LogP contribution >= 0.6 is 0 Å². The van der Waals surface area contributed by atoms with Crippen LogP contribution in [-0.4, -0.2) is 22.6 Å². The molecule has 0 spiro atoms. The summed E-state index contributed by atoms with van der Waals surface area (Å²) >= 11 is 0. The van der Waals surface area contributed by atoms with Crippen molar-refractivity contribution in [2.45, 2.75) is 51.1 Å². The fraction of sp³-hybridized carbons (Fsp3) is 0.455. The van der Waals surface area contributed by atoms with Crippen molar-refractivity contribution in [3.05, 3.63) is 65.2 Å². The van der Waals surface area contributed by atoms with Crippen LogP contribution in [0.1, 0.15) is 49.9 Å². The lowest BCUT2D eigenvalue weighted by Crippen LogP contribution is -2.58. The zero-order chi connectivity index (χ0) is 16.9. The van der Waals surface area contributed by atoms with E-state index < -0.39 is 0 Å². The second-order valence-corrected chi connectivity index (χ2v) is 7.89. The number of benzene rings is 2. The van der Waals surface area contributed by atoms with Gasteiger partial charge in [0.15, 0.2) is 0 Å². The van der Waals surface area contributed by atoms with Gasteiger partial charge in [0.25, 0.3) is 0 Å². The Labute approximate surface area is 145 Å². The molecule has 2 aromatic rings. The molecule has 0 amide bonds. The van der Waals surface area contributed by atoms with Crippen LogP contribution < -0.4 is 0 Å². The van der Waals surface area contributed by atoms with Gasteiger partial charge in [-0.3, -0.25) is 4.90 Å². The fourth-order valence-corrected chi connectivity index (χ4v) is 5.04. The van der Waals surface area contributed by atoms with Crippen molar-refractivity contribution in [2.24, 2.45) is 5.92 Å². The lowest BCUT2D eigenvalue weighted by Gasteiger charge is -2.56. The summed E-state index contributed by atoms with van der Waals surface area (Å²) in [5.41, 5.74) is 4.37. The van der Waals surface area contributed by atoms with Crippen LogP contribution in [0.3, 0.4) is 0 Å². The van der Waals surface area contributed by atoms with Crippen LogP contribution in [0.5, 0.6) is 5.75 Å². The first-order valence-electron chi connectivity index (χ1n) is 9.14. The molecule has 126 valence electrons. The molecule has 2 heteroatoms. The van der Waals surface area contributed by atoms with Gasteiger partial charge in [0.2, 0.25) is 0 Å². The first-order valence-corrected chi connectivity index (χ1v) is 9.14. The molecule has 1 N–H and O–H groups in total. The van der Waals surface area contributed by atoms with E-state index in [1.165, 1.54) is 16.7 Å². The van der Waals surface area contributed by atoms with Gasteiger partial charge >= 0.3 is 0 Å². The third-order valence-corrected chi connectivity index (χ3v) is 6.81. The summed E-state index contributed by atoms with van der Waals surface area (Å²) in [6.45, 7) is 8.27. The Balaban J connectivity index is 1.71. The standard InChI is InChI=1S/C22H27NO/c1-15-21-13-18-9-10-19(24)14-20(18)22(15,3)11-12-23(21)16(2)17-7-5-4-6-8-17/h4-10,14-16,21,24H,11-13H2,1-3H3/t15?,16?,21-,22+/m0/s1. The summed E-state index contributed by atoms with van der Waals surface area (Å²) < 4.78 is 0. The zero-order valence-electron chi connectivity index (χ0n) is 14.9. The Morgan fingerprint density at radius 2 is 1.92 bits per heavy atom. The minimum Gasteiger partial charge on any atom is -0.508 e. The summed E-state index contributed by atoms with van der Waals surface area (Å²) in [6.07, 6.45) is 2.24. The monoisotopic (exact) mass is 321 g/mol. The van der Waals surface area contributed by atoms with E-state index in [1.807, 2.05) is 12.1 Å². The maximum absolute atomic E-state index is 9.96. The Morgan fingerprint density at radius 3 is 2.67 bits per heavy atom. The molecule has 0 aromatic heterocycles. The van der Waals surface area contributed by atoms with E-state index in [0.717, 1.165) is 19.4 Å². The molecule has 1 fully saturated rings. The quantitative estimate of drug-likeness (QED) is 0.868. The summed E-state index contributed by atoms with van der Waals surface area (Å²) in [7, 11) is 0. The van der Waals surface area contributed by atoms with Gasteiger partial charge in [-0.2, -0.15) is 0 Å². The fourth-order valence-electron chi connectivity index (χ4n) is 5.04. The number of rotatable bonds is 2. The topological polar surface area (TPSA) is 23.5 Å². The Bertz CT molecular complexity index is 741. The van der Waals surface area contributed by atoms with Gasteiger partial charge in [-0.05, 0) is 66.5 Å². The predicted octanol–water partition coefficient (Wildman–Crippen LogP) is 4.68. The van der Waals surface area contributed by atoms with Crippen LogP contribution in [0.2, 0.25) is 0 Å². The largest absolute Gasteiger partial charge is 0.508 e. The molecule has 0 radical (unpaired) electrons. The van der Waals surface area contributed by atoms with Crippen molar-refractivity contribution in [1.29, 1.82) is 0 Å². The molecule has 4 rings (SSSR count). The highest BCUT2D eigenvalue weighted by Gasteiger charge is 2.49. The van der Waals surface area contributed by atoms with Gasteiger partial charge in [0.05, 0.1) is 0 Å². The minimum absolute atomic E-state index is 0.171. The molecule has 1 aliphatic heterocycles. The molecule has 2 nitrogen and oxygen atoms in total. The second kappa shape index (κ2) is 5.63. The Morgan fingerprint density at radius 1 is 1.17 bits per heavy atom. The van der Waals surface area contributed by atoms with E-state index >= 15 is 0 Å². The number of hydrogen-bond donors (Lipinski definition) is 1. The first kappa shape index (κ1) is 15.7. The molecule has 2 aromatic carbocycles. The highest BCUT2D eigenvalue weighted by Crippen LogP contribution is 2.50. The molecule has 1 heterocycles. The third-order valence-electron chi connectivity index (χ3n) is 6.81. The van der Waals surface area contributed by atoms with Crippen molar-refractivity contribution < 1.29 is 5.11 Å². The summed E-state index contributed by atoms with van der Waals surface area (Å²) in [5, 5.41) is 9.96. The highest BCUT2D eigenvalue weighted by molar-refractivity contribution is 5.44. The number of likely N-dealkylation sites (tertiary alicyclic amines) is 1. The van der Waals surface area contributed by atoms with Crippen LogP contribution in [0.4, 0.5) is 0 Å². The van der Waals surface area contributed by atoms with Gasteiger partial charge in [-0.15, -0.1) is 0 Å². The second-order valence-electron chi connectivity index (χ2n) is 7.89. The van der Waals surface area contributed by atoms with E-state index in [-0.39, 0.29) is 5.41 Å². The van der Waals surface area contributed by atoms with E-state index in [1.54, 1.807) is 0 Å².